The molecule has 0 spiro atoms. The number of aromatic carboxylic acids is 1. The molecule has 120 valence electrons. The maximum atomic E-state index is 11.0. The van der Waals surface area contributed by atoms with Crippen molar-refractivity contribution in [2.45, 2.75) is 25.3 Å². The molecule has 0 aliphatic carbocycles. The Bertz CT molecular complexity index is 676. The fourth-order valence-corrected chi connectivity index (χ4v) is 3.35. The molecule has 3 rings (SSSR count). The smallest absolute Gasteiger partial charge is 0.335 e. The lowest BCUT2D eigenvalue weighted by Crippen LogP contribution is -2.32. The van der Waals surface area contributed by atoms with Crippen LogP contribution in [-0.4, -0.2) is 29.1 Å². The molecule has 1 heterocycles. The summed E-state index contributed by atoms with van der Waals surface area (Å²) in [7, 11) is 0. The number of halogens is 1. The van der Waals surface area contributed by atoms with Crippen LogP contribution in [0.1, 0.15) is 40.2 Å². The number of carboxylic acid groups (broad SMARTS) is 1. The van der Waals surface area contributed by atoms with Gasteiger partial charge in [0.05, 0.1) is 5.56 Å². The number of benzene rings is 2. The minimum Gasteiger partial charge on any atom is -0.478 e. The van der Waals surface area contributed by atoms with Gasteiger partial charge in [0.25, 0.3) is 0 Å². The van der Waals surface area contributed by atoms with E-state index in [2.05, 4.69) is 17.0 Å². The molecule has 0 saturated carbocycles. The van der Waals surface area contributed by atoms with E-state index in [4.69, 9.17) is 16.7 Å². The summed E-state index contributed by atoms with van der Waals surface area (Å²) in [6.07, 6.45) is 2.25. The van der Waals surface area contributed by atoms with E-state index in [9.17, 15) is 4.79 Å². The first-order chi connectivity index (χ1) is 11.1. The van der Waals surface area contributed by atoms with E-state index in [0.29, 0.717) is 11.5 Å². The topological polar surface area (TPSA) is 40.5 Å². The maximum Gasteiger partial charge on any atom is 0.335 e. The molecule has 0 aromatic heterocycles. The maximum absolute atomic E-state index is 11.0. The Labute approximate surface area is 141 Å². The zero-order chi connectivity index (χ0) is 16.2. The number of hydrogen-bond donors (Lipinski definition) is 1. The lowest BCUT2D eigenvalue weighted by atomic mass is 9.89. The van der Waals surface area contributed by atoms with Crippen molar-refractivity contribution in [2.75, 3.05) is 13.1 Å². The molecule has 1 saturated heterocycles. The van der Waals surface area contributed by atoms with Crippen LogP contribution < -0.4 is 0 Å². The molecular formula is C19H20ClNO2. The molecule has 3 nitrogen and oxygen atoms in total. The Morgan fingerprint density at radius 2 is 1.83 bits per heavy atom. The van der Waals surface area contributed by atoms with E-state index in [1.807, 2.05) is 24.3 Å². The van der Waals surface area contributed by atoms with Gasteiger partial charge < -0.3 is 5.11 Å². The van der Waals surface area contributed by atoms with Gasteiger partial charge in [-0.15, -0.1) is 0 Å². The minimum atomic E-state index is -0.867. The number of nitrogens with zero attached hydrogens (tertiary/aromatic N) is 1. The van der Waals surface area contributed by atoms with Gasteiger partial charge in [-0.1, -0.05) is 35.9 Å². The van der Waals surface area contributed by atoms with Gasteiger partial charge >= 0.3 is 5.97 Å². The monoisotopic (exact) mass is 329 g/mol. The number of carboxylic acids is 1. The van der Waals surface area contributed by atoms with Crippen molar-refractivity contribution in [3.8, 4) is 0 Å². The van der Waals surface area contributed by atoms with Crippen molar-refractivity contribution in [3.63, 3.8) is 0 Å². The van der Waals surface area contributed by atoms with Crippen LogP contribution in [-0.2, 0) is 6.54 Å². The van der Waals surface area contributed by atoms with Crippen LogP contribution in [0, 0.1) is 0 Å². The van der Waals surface area contributed by atoms with Crippen molar-refractivity contribution in [3.05, 3.63) is 70.2 Å². The zero-order valence-electron chi connectivity index (χ0n) is 12.9. The van der Waals surface area contributed by atoms with Crippen LogP contribution >= 0.6 is 11.6 Å². The predicted molar refractivity (Wildman–Crippen MR) is 92.1 cm³/mol. The fourth-order valence-electron chi connectivity index (χ4n) is 3.22. The molecule has 2 aromatic rings. The minimum absolute atomic E-state index is 0.360. The lowest BCUT2D eigenvalue weighted by molar-refractivity contribution is 0.0696. The highest BCUT2D eigenvalue weighted by molar-refractivity contribution is 6.30. The summed E-state index contributed by atoms with van der Waals surface area (Å²) in [5.41, 5.74) is 2.79. The second-order valence-electron chi connectivity index (χ2n) is 6.11. The predicted octanol–water partition coefficient (Wildman–Crippen LogP) is 4.42. The van der Waals surface area contributed by atoms with Crippen LogP contribution in [0.25, 0.3) is 0 Å². The number of likely N-dealkylation sites (tertiary alicyclic amines) is 1. The van der Waals surface area contributed by atoms with Crippen molar-refractivity contribution < 1.29 is 9.90 Å². The fraction of sp³-hybridized carbons (Fsp3) is 0.316. The number of piperidine rings is 1. The number of hydrogen-bond acceptors (Lipinski definition) is 2. The SMILES string of the molecule is O=C(O)c1cccc(CN2CCC(c3ccc(Cl)cc3)CC2)c1. The van der Waals surface area contributed by atoms with Gasteiger partial charge in [0, 0.05) is 11.6 Å². The molecule has 1 fully saturated rings. The largest absolute Gasteiger partial charge is 0.478 e. The van der Waals surface area contributed by atoms with Crippen molar-refractivity contribution in [1.29, 1.82) is 0 Å². The second-order valence-corrected chi connectivity index (χ2v) is 6.54. The van der Waals surface area contributed by atoms with Crippen molar-refractivity contribution in [1.82, 2.24) is 4.90 Å². The quantitative estimate of drug-likeness (QED) is 0.902. The summed E-state index contributed by atoms with van der Waals surface area (Å²) >= 11 is 5.95. The first-order valence-electron chi connectivity index (χ1n) is 7.92. The molecule has 1 N–H and O–H groups in total. The van der Waals surface area contributed by atoms with Gasteiger partial charge in [0.15, 0.2) is 0 Å². The molecule has 4 heteroatoms. The highest BCUT2D eigenvalue weighted by Gasteiger charge is 2.20. The van der Waals surface area contributed by atoms with Gasteiger partial charge in [-0.2, -0.15) is 0 Å². The van der Waals surface area contributed by atoms with Gasteiger partial charge in [-0.25, -0.2) is 4.79 Å². The molecule has 0 bridgehead atoms. The summed E-state index contributed by atoms with van der Waals surface area (Å²) in [6.45, 7) is 2.88. The van der Waals surface area contributed by atoms with Crippen LogP contribution in [0.15, 0.2) is 48.5 Å². The van der Waals surface area contributed by atoms with E-state index >= 15 is 0 Å². The van der Waals surface area contributed by atoms with Crippen molar-refractivity contribution >= 4 is 17.6 Å². The zero-order valence-corrected chi connectivity index (χ0v) is 13.7. The molecule has 0 atom stereocenters. The van der Waals surface area contributed by atoms with Gasteiger partial charge in [0.2, 0.25) is 0 Å². The molecule has 23 heavy (non-hydrogen) atoms. The molecule has 1 aliphatic rings. The standard InChI is InChI=1S/C19H20ClNO2/c20-18-6-4-15(5-7-18)16-8-10-21(11-9-16)13-14-2-1-3-17(12-14)19(22)23/h1-7,12,16H,8-11,13H2,(H,22,23). The Kier molecular flexibility index (Phi) is 4.99. The normalized spacial score (nSPS) is 16.4. The third-order valence-corrected chi connectivity index (χ3v) is 4.76. The van der Waals surface area contributed by atoms with E-state index in [-0.39, 0.29) is 0 Å². The third-order valence-electron chi connectivity index (χ3n) is 4.51. The highest BCUT2D eigenvalue weighted by atomic mass is 35.5. The van der Waals surface area contributed by atoms with Gasteiger partial charge in [-0.05, 0) is 67.2 Å². The van der Waals surface area contributed by atoms with Crippen LogP contribution in [0.4, 0.5) is 0 Å². The summed E-state index contributed by atoms with van der Waals surface area (Å²) in [6, 6.07) is 15.4. The summed E-state index contributed by atoms with van der Waals surface area (Å²) in [4.78, 5) is 13.4. The van der Waals surface area contributed by atoms with E-state index in [1.165, 1.54) is 5.56 Å². The van der Waals surface area contributed by atoms with Gasteiger partial charge in [0.1, 0.15) is 0 Å². The Morgan fingerprint density at radius 1 is 1.13 bits per heavy atom. The third kappa shape index (κ3) is 4.12. The number of rotatable bonds is 4. The molecule has 0 amide bonds. The summed E-state index contributed by atoms with van der Waals surface area (Å²) in [5.74, 6) is -0.276. The first kappa shape index (κ1) is 16.0. The molecule has 0 unspecified atom stereocenters. The average molecular weight is 330 g/mol. The van der Waals surface area contributed by atoms with Crippen LogP contribution in [0.5, 0.6) is 0 Å². The Morgan fingerprint density at radius 3 is 2.48 bits per heavy atom. The van der Waals surface area contributed by atoms with E-state index < -0.39 is 5.97 Å². The average Bonchev–Trinajstić information content (AvgIpc) is 2.57. The van der Waals surface area contributed by atoms with Crippen molar-refractivity contribution in [2.24, 2.45) is 0 Å². The Balaban J connectivity index is 1.58. The molecule has 0 radical (unpaired) electrons. The second kappa shape index (κ2) is 7.16. The van der Waals surface area contributed by atoms with Gasteiger partial charge in [-0.3, -0.25) is 4.90 Å². The summed E-state index contributed by atoms with van der Waals surface area (Å²) in [5, 5.41) is 9.85. The van der Waals surface area contributed by atoms with E-state index in [0.717, 1.165) is 43.1 Å². The molecule has 2 aromatic carbocycles. The number of carbonyl (C=O) groups is 1. The highest BCUT2D eigenvalue weighted by Crippen LogP contribution is 2.29. The summed E-state index contributed by atoms with van der Waals surface area (Å²) < 4.78 is 0. The molecule has 1 aliphatic heterocycles. The molecular weight excluding hydrogens is 310 g/mol. The lowest BCUT2D eigenvalue weighted by Gasteiger charge is -2.32. The first-order valence-corrected chi connectivity index (χ1v) is 8.29. The Hall–Kier alpha value is -1.84. The van der Waals surface area contributed by atoms with E-state index in [1.54, 1.807) is 12.1 Å². The van der Waals surface area contributed by atoms with Crippen LogP contribution in [0.2, 0.25) is 5.02 Å². The van der Waals surface area contributed by atoms with Crippen LogP contribution in [0.3, 0.4) is 0 Å².